The largest absolute Gasteiger partial charge is 0.416 e. The normalized spacial score (nSPS) is 19.4. The second-order valence-electron chi connectivity index (χ2n) is 5.98. The fourth-order valence-corrected chi connectivity index (χ4v) is 2.88. The van der Waals surface area contributed by atoms with E-state index in [1.807, 2.05) is 0 Å². The summed E-state index contributed by atoms with van der Waals surface area (Å²) in [6.07, 6.45) is -2.46. The van der Waals surface area contributed by atoms with Crippen LogP contribution >= 0.6 is 0 Å². The highest BCUT2D eigenvalue weighted by molar-refractivity contribution is 5.94. The monoisotopic (exact) mass is 351 g/mol. The molecule has 1 heterocycles. The van der Waals surface area contributed by atoms with Crippen LogP contribution in [-0.4, -0.2) is 16.4 Å². The molecule has 8 heteroatoms. The smallest absolute Gasteiger partial charge is 0.347 e. The Morgan fingerprint density at radius 1 is 1.12 bits per heavy atom. The van der Waals surface area contributed by atoms with Crippen LogP contribution in [0, 0.1) is 5.92 Å². The van der Waals surface area contributed by atoms with Gasteiger partial charge in [0.25, 0.3) is 5.91 Å². The number of benzene rings is 1. The molecule has 3 rings (SSSR count). The lowest BCUT2D eigenvalue weighted by atomic mass is 10.0. The summed E-state index contributed by atoms with van der Waals surface area (Å²) in [4.78, 5) is 24.0. The fraction of sp³-hybridized carbons (Fsp3) is 0.294. The first-order valence-electron chi connectivity index (χ1n) is 7.66. The number of halogens is 3. The van der Waals surface area contributed by atoms with Gasteiger partial charge in [-0.05, 0) is 36.1 Å². The van der Waals surface area contributed by atoms with Gasteiger partial charge < -0.3 is 4.57 Å². The Bertz CT molecular complexity index is 813. The first-order valence-corrected chi connectivity index (χ1v) is 7.66. The molecule has 1 aromatic carbocycles. The Kier molecular flexibility index (Phi) is 4.28. The third-order valence-electron chi connectivity index (χ3n) is 4.27. The predicted octanol–water partition coefficient (Wildman–Crippen LogP) is 2.61. The van der Waals surface area contributed by atoms with Gasteiger partial charge in [0.05, 0.1) is 5.56 Å². The van der Waals surface area contributed by atoms with Gasteiger partial charge in [0.15, 0.2) is 0 Å². The molecule has 0 unspecified atom stereocenters. The van der Waals surface area contributed by atoms with Crippen LogP contribution in [0.2, 0.25) is 0 Å². The van der Waals surface area contributed by atoms with Crippen LogP contribution < -0.4 is 10.9 Å². The van der Waals surface area contributed by atoms with E-state index in [2.05, 4.69) is 10.9 Å². The minimum absolute atomic E-state index is 0.115. The van der Waals surface area contributed by atoms with Gasteiger partial charge in [0.2, 0.25) is 5.91 Å². The molecule has 0 bridgehead atoms. The van der Waals surface area contributed by atoms with Crippen molar-refractivity contribution in [2.45, 2.75) is 18.5 Å². The summed E-state index contributed by atoms with van der Waals surface area (Å²) >= 11 is 0. The molecule has 2 atom stereocenters. The van der Waals surface area contributed by atoms with Gasteiger partial charge in [-0.2, -0.15) is 13.2 Å². The maximum Gasteiger partial charge on any atom is 0.416 e. The molecule has 2 N–H and O–H groups in total. The SMILES string of the molecule is Cn1cccc1C(=O)NNC(=O)[C@H]1C[C@@H]1c1ccccc1C(F)(F)F. The third kappa shape index (κ3) is 3.52. The van der Waals surface area contributed by atoms with E-state index in [0.29, 0.717) is 12.1 Å². The Morgan fingerprint density at radius 3 is 2.48 bits per heavy atom. The Hall–Kier alpha value is -2.77. The highest BCUT2D eigenvalue weighted by Gasteiger charge is 2.47. The number of nitrogens with zero attached hydrogens (tertiary/aromatic N) is 1. The van der Waals surface area contributed by atoms with Crippen molar-refractivity contribution in [1.29, 1.82) is 0 Å². The van der Waals surface area contributed by atoms with E-state index in [1.165, 1.54) is 18.2 Å². The van der Waals surface area contributed by atoms with Crippen molar-refractivity contribution in [3.05, 3.63) is 59.4 Å². The molecular formula is C17H16F3N3O2. The van der Waals surface area contributed by atoms with Crippen molar-refractivity contribution in [2.24, 2.45) is 13.0 Å². The van der Waals surface area contributed by atoms with Gasteiger partial charge in [-0.1, -0.05) is 18.2 Å². The van der Waals surface area contributed by atoms with Gasteiger partial charge >= 0.3 is 6.18 Å². The van der Waals surface area contributed by atoms with Crippen LogP contribution in [0.1, 0.15) is 34.0 Å². The van der Waals surface area contributed by atoms with Crippen molar-refractivity contribution < 1.29 is 22.8 Å². The summed E-state index contributed by atoms with van der Waals surface area (Å²) < 4.78 is 40.7. The minimum Gasteiger partial charge on any atom is -0.347 e. The lowest BCUT2D eigenvalue weighted by Gasteiger charge is -2.12. The number of aryl methyl sites for hydroxylation is 1. The Balaban J connectivity index is 1.62. The molecule has 2 aromatic rings. The molecule has 0 aliphatic heterocycles. The third-order valence-corrected chi connectivity index (χ3v) is 4.27. The van der Waals surface area contributed by atoms with Crippen LogP contribution in [0.25, 0.3) is 0 Å². The maximum absolute atomic E-state index is 13.1. The number of rotatable bonds is 3. The quantitative estimate of drug-likeness (QED) is 0.835. The van der Waals surface area contributed by atoms with E-state index in [4.69, 9.17) is 0 Å². The summed E-state index contributed by atoms with van der Waals surface area (Å²) in [5, 5.41) is 0. The van der Waals surface area contributed by atoms with Gasteiger partial charge in [-0.25, -0.2) is 0 Å². The number of hydrogen-bond donors (Lipinski definition) is 2. The summed E-state index contributed by atoms with van der Waals surface area (Å²) in [5.74, 6) is -2.07. The van der Waals surface area contributed by atoms with Crippen molar-refractivity contribution in [1.82, 2.24) is 15.4 Å². The number of hydrogen-bond acceptors (Lipinski definition) is 2. The maximum atomic E-state index is 13.1. The van der Waals surface area contributed by atoms with Gasteiger partial charge in [-0.3, -0.25) is 20.4 Å². The molecule has 1 aliphatic carbocycles. The van der Waals surface area contributed by atoms with Gasteiger partial charge in [-0.15, -0.1) is 0 Å². The van der Waals surface area contributed by atoms with Crippen LogP contribution in [0.15, 0.2) is 42.6 Å². The summed E-state index contributed by atoms with van der Waals surface area (Å²) in [5.41, 5.74) is 4.32. The van der Waals surface area contributed by atoms with Gasteiger partial charge in [0, 0.05) is 19.2 Å². The number of carbonyl (C=O) groups is 2. The summed E-state index contributed by atoms with van der Waals surface area (Å²) in [6.45, 7) is 0. The Morgan fingerprint density at radius 2 is 1.84 bits per heavy atom. The van der Waals surface area contributed by atoms with E-state index in [0.717, 1.165) is 6.07 Å². The number of carbonyl (C=O) groups excluding carboxylic acids is 2. The first kappa shape index (κ1) is 17.1. The lowest BCUT2D eigenvalue weighted by molar-refractivity contribution is -0.138. The number of alkyl halides is 3. The zero-order valence-electron chi connectivity index (χ0n) is 13.3. The highest BCUT2D eigenvalue weighted by atomic mass is 19.4. The standard InChI is InChI=1S/C17H16F3N3O2/c1-23-8-4-7-14(23)16(25)22-21-15(24)12-9-11(12)10-5-2-3-6-13(10)17(18,19)20/h2-8,11-12H,9H2,1H3,(H,21,24)(H,22,25)/t11-,12+/m1/s1. The molecule has 0 radical (unpaired) electrons. The molecule has 25 heavy (non-hydrogen) atoms. The zero-order chi connectivity index (χ0) is 18.2. The van der Waals surface area contributed by atoms with Crippen molar-refractivity contribution in [3.8, 4) is 0 Å². The van der Waals surface area contributed by atoms with Crippen LogP contribution in [0.3, 0.4) is 0 Å². The van der Waals surface area contributed by atoms with Crippen molar-refractivity contribution in [3.63, 3.8) is 0 Å². The van der Waals surface area contributed by atoms with E-state index in [9.17, 15) is 22.8 Å². The minimum atomic E-state index is -4.46. The first-order chi connectivity index (χ1) is 11.8. The predicted molar refractivity (Wildman–Crippen MR) is 83.3 cm³/mol. The second-order valence-corrected chi connectivity index (χ2v) is 5.98. The van der Waals surface area contributed by atoms with E-state index in [-0.39, 0.29) is 5.56 Å². The lowest BCUT2D eigenvalue weighted by Crippen LogP contribution is -2.43. The molecule has 0 spiro atoms. The molecule has 1 saturated carbocycles. The highest BCUT2D eigenvalue weighted by Crippen LogP contribution is 2.50. The molecule has 0 saturated heterocycles. The molecule has 5 nitrogen and oxygen atoms in total. The fourth-order valence-electron chi connectivity index (χ4n) is 2.88. The van der Waals surface area contributed by atoms with Gasteiger partial charge in [0.1, 0.15) is 5.69 Å². The van der Waals surface area contributed by atoms with E-state index < -0.39 is 35.4 Å². The van der Waals surface area contributed by atoms with E-state index in [1.54, 1.807) is 29.9 Å². The molecule has 2 amide bonds. The van der Waals surface area contributed by atoms with Crippen LogP contribution in [-0.2, 0) is 18.0 Å². The molecular weight excluding hydrogens is 335 g/mol. The summed E-state index contributed by atoms with van der Waals surface area (Å²) in [6, 6.07) is 8.52. The zero-order valence-corrected chi connectivity index (χ0v) is 13.3. The number of hydrazine groups is 1. The van der Waals surface area contributed by atoms with Crippen molar-refractivity contribution in [2.75, 3.05) is 0 Å². The number of nitrogens with one attached hydrogen (secondary N) is 2. The second kappa shape index (κ2) is 6.27. The number of amides is 2. The average molecular weight is 351 g/mol. The summed E-state index contributed by atoms with van der Waals surface area (Å²) in [7, 11) is 1.68. The molecule has 1 aliphatic rings. The van der Waals surface area contributed by atoms with E-state index >= 15 is 0 Å². The molecule has 1 aromatic heterocycles. The van der Waals surface area contributed by atoms with Crippen LogP contribution in [0.4, 0.5) is 13.2 Å². The number of aromatic nitrogens is 1. The molecule has 132 valence electrons. The average Bonchev–Trinajstić information content (AvgIpc) is 3.25. The topological polar surface area (TPSA) is 63.1 Å². The van der Waals surface area contributed by atoms with Crippen molar-refractivity contribution >= 4 is 11.8 Å². The van der Waals surface area contributed by atoms with Crippen LogP contribution in [0.5, 0.6) is 0 Å². The molecule has 1 fully saturated rings. The Labute approximate surface area is 141 Å².